The van der Waals surface area contributed by atoms with Gasteiger partial charge in [-0.25, -0.2) is 0 Å². The van der Waals surface area contributed by atoms with E-state index in [0.29, 0.717) is 18.2 Å². The number of hydrogen-bond acceptors (Lipinski definition) is 3. The van der Waals surface area contributed by atoms with Crippen molar-refractivity contribution in [2.45, 2.75) is 39.2 Å². The lowest BCUT2D eigenvalue weighted by molar-refractivity contribution is 0.296. The van der Waals surface area contributed by atoms with Crippen LogP contribution in [0.2, 0.25) is 5.02 Å². The monoisotopic (exact) mass is 269 g/mol. The van der Waals surface area contributed by atoms with Crippen molar-refractivity contribution in [3.63, 3.8) is 0 Å². The molecule has 0 spiro atoms. The molecule has 1 aliphatic heterocycles. The second kappa shape index (κ2) is 4.98. The van der Waals surface area contributed by atoms with E-state index < -0.39 is 5.54 Å². The summed E-state index contributed by atoms with van der Waals surface area (Å²) in [6.07, 6.45) is 1.71. The summed E-state index contributed by atoms with van der Waals surface area (Å²) in [5, 5.41) is 0.656. The van der Waals surface area contributed by atoms with Gasteiger partial charge < -0.3 is 15.2 Å². The van der Waals surface area contributed by atoms with E-state index >= 15 is 0 Å². The molecule has 0 saturated carbocycles. The third-order valence-electron chi connectivity index (χ3n) is 3.09. The summed E-state index contributed by atoms with van der Waals surface area (Å²) in [4.78, 5) is 0. The van der Waals surface area contributed by atoms with Crippen molar-refractivity contribution < 1.29 is 9.47 Å². The van der Waals surface area contributed by atoms with Crippen LogP contribution in [0.25, 0.3) is 0 Å². The Morgan fingerprint density at radius 3 is 2.61 bits per heavy atom. The normalized spacial score (nSPS) is 15.4. The molecule has 0 aromatic heterocycles. The van der Waals surface area contributed by atoms with Gasteiger partial charge in [-0.15, -0.1) is 0 Å². The van der Waals surface area contributed by atoms with Crippen LogP contribution < -0.4 is 15.2 Å². The van der Waals surface area contributed by atoms with Crippen molar-refractivity contribution in [1.29, 1.82) is 0 Å². The van der Waals surface area contributed by atoms with Crippen molar-refractivity contribution in [3.05, 3.63) is 22.2 Å². The molecule has 0 amide bonds. The maximum atomic E-state index is 6.37. The minimum absolute atomic E-state index is 0.493. The minimum Gasteiger partial charge on any atom is -0.489 e. The lowest BCUT2D eigenvalue weighted by atomic mass is 9.89. The van der Waals surface area contributed by atoms with E-state index in [2.05, 4.69) is 6.92 Å². The Morgan fingerprint density at radius 2 is 2.00 bits per heavy atom. The highest BCUT2D eigenvalue weighted by Crippen LogP contribution is 2.43. The molecule has 0 atom stereocenters. The average Bonchev–Trinajstić information content (AvgIpc) is 2.50. The molecular weight excluding hydrogens is 250 g/mol. The van der Waals surface area contributed by atoms with Crippen LogP contribution in [0.4, 0.5) is 0 Å². The molecule has 2 N–H and O–H groups in total. The molecular formula is C14H20ClNO2. The number of fused-ring (bicyclic) bond motifs is 1. The quantitative estimate of drug-likeness (QED) is 0.896. The molecule has 0 fully saturated rings. The Labute approximate surface area is 113 Å². The molecule has 2 rings (SSSR count). The fraction of sp³-hybridized carbons (Fsp3) is 0.571. The van der Waals surface area contributed by atoms with Crippen LogP contribution in [0.5, 0.6) is 11.5 Å². The summed E-state index contributed by atoms with van der Waals surface area (Å²) >= 11 is 6.37. The molecule has 1 heterocycles. The van der Waals surface area contributed by atoms with E-state index in [4.69, 9.17) is 26.8 Å². The van der Waals surface area contributed by atoms with Crippen LogP contribution >= 0.6 is 11.6 Å². The summed E-state index contributed by atoms with van der Waals surface area (Å²) in [6.45, 7) is 7.33. The standard InChI is InChI=1S/C14H20ClNO2/c1-4-9-12(14(2,3)16)10(15)8-11-13(9)18-7-5-6-17-11/h8H,4-7,16H2,1-3H3. The molecule has 1 aliphatic rings. The lowest BCUT2D eigenvalue weighted by Gasteiger charge is -2.26. The van der Waals surface area contributed by atoms with E-state index in [1.54, 1.807) is 0 Å². The topological polar surface area (TPSA) is 44.5 Å². The van der Waals surface area contributed by atoms with Crippen molar-refractivity contribution in [2.75, 3.05) is 13.2 Å². The first-order valence-electron chi connectivity index (χ1n) is 6.35. The second-order valence-electron chi connectivity index (χ2n) is 5.16. The van der Waals surface area contributed by atoms with Gasteiger partial charge in [0.05, 0.1) is 13.2 Å². The van der Waals surface area contributed by atoms with Crippen LogP contribution in [-0.2, 0) is 12.0 Å². The van der Waals surface area contributed by atoms with Gasteiger partial charge in [0.25, 0.3) is 0 Å². The molecule has 0 bridgehead atoms. The SMILES string of the molecule is CCc1c2c(cc(Cl)c1C(C)(C)N)OCCCO2. The smallest absolute Gasteiger partial charge is 0.164 e. The van der Waals surface area contributed by atoms with Gasteiger partial charge in [-0.2, -0.15) is 0 Å². The van der Waals surface area contributed by atoms with Gasteiger partial charge in [-0.05, 0) is 25.8 Å². The van der Waals surface area contributed by atoms with Gasteiger partial charge >= 0.3 is 0 Å². The van der Waals surface area contributed by atoms with E-state index in [0.717, 1.165) is 35.5 Å². The summed E-state index contributed by atoms with van der Waals surface area (Å²) in [6, 6.07) is 1.82. The molecule has 0 saturated heterocycles. The number of nitrogens with two attached hydrogens (primary N) is 1. The first-order valence-corrected chi connectivity index (χ1v) is 6.73. The summed E-state index contributed by atoms with van der Waals surface area (Å²) in [5.41, 5.74) is 7.75. The zero-order chi connectivity index (χ0) is 13.3. The molecule has 1 aromatic carbocycles. The Bertz CT molecular complexity index is 452. The maximum absolute atomic E-state index is 6.37. The highest BCUT2D eigenvalue weighted by Gasteiger charge is 2.27. The molecule has 0 radical (unpaired) electrons. The molecule has 4 heteroatoms. The summed E-state index contributed by atoms with van der Waals surface area (Å²) in [5.74, 6) is 1.55. The Morgan fingerprint density at radius 1 is 1.33 bits per heavy atom. The Balaban J connectivity index is 2.65. The predicted molar refractivity (Wildman–Crippen MR) is 73.7 cm³/mol. The first kappa shape index (κ1) is 13.5. The van der Waals surface area contributed by atoms with E-state index in [-0.39, 0.29) is 0 Å². The summed E-state index contributed by atoms with van der Waals surface area (Å²) < 4.78 is 11.5. The molecule has 0 aliphatic carbocycles. The zero-order valence-electron chi connectivity index (χ0n) is 11.2. The van der Waals surface area contributed by atoms with Crippen LogP contribution in [0, 0.1) is 0 Å². The van der Waals surface area contributed by atoms with Crippen molar-refractivity contribution in [3.8, 4) is 11.5 Å². The third kappa shape index (κ3) is 2.43. The number of benzene rings is 1. The highest BCUT2D eigenvalue weighted by molar-refractivity contribution is 6.31. The van der Waals surface area contributed by atoms with Crippen molar-refractivity contribution in [1.82, 2.24) is 0 Å². The third-order valence-corrected chi connectivity index (χ3v) is 3.38. The fourth-order valence-electron chi connectivity index (χ4n) is 2.37. The first-order chi connectivity index (χ1) is 8.45. The van der Waals surface area contributed by atoms with E-state index in [1.165, 1.54) is 0 Å². The highest BCUT2D eigenvalue weighted by atomic mass is 35.5. The lowest BCUT2D eigenvalue weighted by Crippen LogP contribution is -2.30. The zero-order valence-corrected chi connectivity index (χ0v) is 11.9. The Kier molecular flexibility index (Phi) is 3.74. The van der Waals surface area contributed by atoms with Gasteiger partial charge in [-0.3, -0.25) is 0 Å². The van der Waals surface area contributed by atoms with Crippen molar-refractivity contribution in [2.24, 2.45) is 5.73 Å². The van der Waals surface area contributed by atoms with Gasteiger partial charge in [0.2, 0.25) is 0 Å². The number of rotatable bonds is 2. The Hall–Kier alpha value is -0.930. The largest absolute Gasteiger partial charge is 0.489 e. The van der Waals surface area contributed by atoms with Crippen LogP contribution in [-0.4, -0.2) is 13.2 Å². The molecule has 0 unspecified atom stereocenters. The maximum Gasteiger partial charge on any atom is 0.164 e. The average molecular weight is 270 g/mol. The second-order valence-corrected chi connectivity index (χ2v) is 5.57. The number of ether oxygens (including phenoxy) is 2. The molecule has 3 nitrogen and oxygen atoms in total. The van der Waals surface area contributed by atoms with Crippen molar-refractivity contribution >= 4 is 11.6 Å². The summed E-state index contributed by atoms with van der Waals surface area (Å²) in [7, 11) is 0. The van der Waals surface area contributed by atoms with Gasteiger partial charge in [0, 0.05) is 28.6 Å². The van der Waals surface area contributed by atoms with Gasteiger partial charge in [0.15, 0.2) is 11.5 Å². The van der Waals surface area contributed by atoms with Crippen LogP contribution in [0.3, 0.4) is 0 Å². The molecule has 1 aromatic rings. The van der Waals surface area contributed by atoms with Crippen LogP contribution in [0.1, 0.15) is 38.3 Å². The molecule has 18 heavy (non-hydrogen) atoms. The van der Waals surface area contributed by atoms with Crippen LogP contribution in [0.15, 0.2) is 6.07 Å². The van der Waals surface area contributed by atoms with Gasteiger partial charge in [-0.1, -0.05) is 18.5 Å². The van der Waals surface area contributed by atoms with Gasteiger partial charge in [0.1, 0.15) is 0 Å². The number of hydrogen-bond donors (Lipinski definition) is 1. The fourth-order valence-corrected chi connectivity index (χ4v) is 2.83. The molecule has 100 valence electrons. The number of halogens is 1. The minimum atomic E-state index is -0.493. The van der Waals surface area contributed by atoms with E-state index in [9.17, 15) is 0 Å². The predicted octanol–water partition coefficient (Wildman–Crippen LogP) is 3.26. The van der Waals surface area contributed by atoms with E-state index in [1.807, 2.05) is 19.9 Å².